The fourth-order valence-corrected chi connectivity index (χ4v) is 4.02. The van der Waals surface area contributed by atoms with Crippen LogP contribution in [-0.2, 0) is 11.5 Å². The zero-order chi connectivity index (χ0) is 17.4. The smallest absolute Gasteiger partial charge is 0.408 e. The van der Waals surface area contributed by atoms with Crippen molar-refractivity contribution in [1.29, 1.82) is 0 Å². The molecule has 134 valence electrons. The number of piperidine rings is 1. The standard InChI is InChI=1S/C19H25N3O3/c1-14-4-5-17-16(12-14)22(19(24)25-17)13-20-10-6-15(7-11-20)18(23)21-8-2-3-9-21/h4-5,12,15H,2-3,6-11,13H2,1H3. The zero-order valence-electron chi connectivity index (χ0n) is 14.7. The van der Waals surface area contributed by atoms with Crippen LogP contribution in [0.2, 0.25) is 0 Å². The summed E-state index contributed by atoms with van der Waals surface area (Å²) in [6.45, 7) is 6.07. The summed E-state index contributed by atoms with van der Waals surface area (Å²) in [6.07, 6.45) is 4.03. The highest BCUT2D eigenvalue weighted by Crippen LogP contribution is 2.23. The van der Waals surface area contributed by atoms with Crippen molar-refractivity contribution in [1.82, 2.24) is 14.4 Å². The van der Waals surface area contributed by atoms with Gasteiger partial charge in [0.05, 0.1) is 12.2 Å². The van der Waals surface area contributed by atoms with Gasteiger partial charge >= 0.3 is 5.76 Å². The predicted octanol–water partition coefficient (Wildman–Crippen LogP) is 2.19. The molecule has 2 fully saturated rings. The Hall–Kier alpha value is -2.08. The summed E-state index contributed by atoms with van der Waals surface area (Å²) in [5, 5.41) is 0. The lowest BCUT2D eigenvalue weighted by Gasteiger charge is -2.33. The molecule has 0 unspecified atom stereocenters. The number of oxazole rings is 1. The van der Waals surface area contributed by atoms with Gasteiger partial charge < -0.3 is 9.32 Å². The van der Waals surface area contributed by atoms with Crippen LogP contribution in [-0.4, -0.2) is 46.5 Å². The number of aryl methyl sites for hydroxylation is 1. The second-order valence-corrected chi connectivity index (χ2v) is 7.33. The molecule has 0 N–H and O–H groups in total. The van der Waals surface area contributed by atoms with Crippen molar-refractivity contribution >= 4 is 17.0 Å². The van der Waals surface area contributed by atoms with Gasteiger partial charge in [-0.15, -0.1) is 0 Å². The minimum Gasteiger partial charge on any atom is -0.408 e. The van der Waals surface area contributed by atoms with E-state index < -0.39 is 0 Å². The molecule has 2 saturated heterocycles. The largest absolute Gasteiger partial charge is 0.421 e. The van der Waals surface area contributed by atoms with Crippen LogP contribution in [0.25, 0.3) is 11.1 Å². The van der Waals surface area contributed by atoms with E-state index in [2.05, 4.69) is 4.90 Å². The molecule has 0 bridgehead atoms. The molecule has 6 nitrogen and oxygen atoms in total. The van der Waals surface area contributed by atoms with Crippen LogP contribution in [0.15, 0.2) is 27.4 Å². The molecule has 2 aromatic rings. The van der Waals surface area contributed by atoms with Gasteiger partial charge in [-0.25, -0.2) is 4.79 Å². The highest BCUT2D eigenvalue weighted by atomic mass is 16.4. The number of nitrogens with zero attached hydrogens (tertiary/aromatic N) is 3. The van der Waals surface area contributed by atoms with E-state index in [0.29, 0.717) is 18.2 Å². The van der Waals surface area contributed by atoms with E-state index in [4.69, 9.17) is 4.42 Å². The molecule has 0 aliphatic carbocycles. The topological polar surface area (TPSA) is 58.7 Å². The Balaban J connectivity index is 1.42. The maximum Gasteiger partial charge on any atom is 0.421 e. The first kappa shape index (κ1) is 16.4. The molecular formula is C19H25N3O3. The second-order valence-electron chi connectivity index (χ2n) is 7.33. The van der Waals surface area contributed by atoms with Gasteiger partial charge in [0.1, 0.15) is 0 Å². The number of hydrogen-bond acceptors (Lipinski definition) is 4. The normalized spacial score (nSPS) is 19.8. The molecule has 0 saturated carbocycles. The van der Waals surface area contributed by atoms with Gasteiger partial charge in [-0.1, -0.05) is 6.07 Å². The molecule has 3 heterocycles. The molecule has 25 heavy (non-hydrogen) atoms. The van der Waals surface area contributed by atoms with Crippen LogP contribution in [0.4, 0.5) is 0 Å². The molecule has 1 aromatic heterocycles. The first-order valence-corrected chi connectivity index (χ1v) is 9.23. The van der Waals surface area contributed by atoms with Crippen molar-refractivity contribution in [3.8, 4) is 0 Å². The summed E-state index contributed by atoms with van der Waals surface area (Å²) in [4.78, 5) is 29.0. The Labute approximate surface area is 147 Å². The van der Waals surface area contributed by atoms with E-state index in [-0.39, 0.29) is 11.7 Å². The maximum absolute atomic E-state index is 12.5. The molecule has 1 amide bonds. The third kappa shape index (κ3) is 3.23. The van der Waals surface area contributed by atoms with E-state index in [0.717, 1.165) is 62.9 Å². The van der Waals surface area contributed by atoms with Gasteiger partial charge in [-0.2, -0.15) is 0 Å². The highest BCUT2D eigenvalue weighted by molar-refractivity contribution is 5.79. The lowest BCUT2D eigenvalue weighted by atomic mass is 9.95. The molecule has 2 aliphatic heterocycles. The van der Waals surface area contributed by atoms with E-state index >= 15 is 0 Å². The van der Waals surface area contributed by atoms with Gasteiger partial charge in [0, 0.05) is 32.1 Å². The van der Waals surface area contributed by atoms with Gasteiger partial charge in [0.25, 0.3) is 0 Å². The third-order valence-electron chi connectivity index (χ3n) is 5.52. The fourth-order valence-electron chi connectivity index (χ4n) is 4.02. The SMILES string of the molecule is Cc1ccc2oc(=O)n(CN3CCC(C(=O)N4CCCC4)CC3)c2c1. The molecule has 6 heteroatoms. The van der Waals surface area contributed by atoms with E-state index in [9.17, 15) is 9.59 Å². The highest BCUT2D eigenvalue weighted by Gasteiger charge is 2.30. The van der Waals surface area contributed by atoms with Crippen LogP contribution in [0, 0.1) is 12.8 Å². The monoisotopic (exact) mass is 343 g/mol. The second kappa shape index (κ2) is 6.67. The minimum atomic E-state index is -0.309. The number of aromatic nitrogens is 1. The Morgan fingerprint density at radius 2 is 1.88 bits per heavy atom. The number of benzene rings is 1. The molecule has 0 atom stereocenters. The van der Waals surface area contributed by atoms with E-state index in [1.54, 1.807) is 4.57 Å². The Bertz CT molecular complexity index is 824. The lowest BCUT2D eigenvalue weighted by molar-refractivity contribution is -0.136. The predicted molar refractivity (Wildman–Crippen MR) is 95.3 cm³/mol. The molecular weight excluding hydrogens is 318 g/mol. The molecule has 4 rings (SSSR count). The first-order valence-electron chi connectivity index (χ1n) is 9.23. The van der Waals surface area contributed by atoms with Crippen LogP contribution in [0.3, 0.4) is 0 Å². The molecule has 0 spiro atoms. The van der Waals surface area contributed by atoms with Gasteiger partial charge in [0.15, 0.2) is 5.58 Å². The summed E-state index contributed by atoms with van der Waals surface area (Å²) in [5.41, 5.74) is 2.59. The molecule has 2 aliphatic rings. The van der Waals surface area contributed by atoms with Crippen molar-refractivity contribution in [2.24, 2.45) is 5.92 Å². The number of likely N-dealkylation sites (tertiary alicyclic amines) is 2. The first-order chi connectivity index (χ1) is 12.1. The third-order valence-corrected chi connectivity index (χ3v) is 5.52. The molecule has 0 radical (unpaired) electrons. The number of carbonyl (C=O) groups is 1. The van der Waals surface area contributed by atoms with Crippen LogP contribution in [0.5, 0.6) is 0 Å². The number of amides is 1. The van der Waals surface area contributed by atoms with Crippen LogP contribution >= 0.6 is 0 Å². The average Bonchev–Trinajstić information content (AvgIpc) is 3.24. The minimum absolute atomic E-state index is 0.148. The summed E-state index contributed by atoms with van der Waals surface area (Å²) < 4.78 is 7.04. The zero-order valence-corrected chi connectivity index (χ0v) is 14.7. The maximum atomic E-state index is 12.5. The van der Waals surface area contributed by atoms with Gasteiger partial charge in [0.2, 0.25) is 5.91 Å². The number of fused-ring (bicyclic) bond motifs is 1. The molecule has 1 aromatic carbocycles. The van der Waals surface area contributed by atoms with Crippen molar-refractivity contribution in [2.75, 3.05) is 26.2 Å². The summed E-state index contributed by atoms with van der Waals surface area (Å²) in [5.74, 6) is 0.170. The summed E-state index contributed by atoms with van der Waals surface area (Å²) >= 11 is 0. The Morgan fingerprint density at radius 3 is 2.60 bits per heavy atom. The van der Waals surface area contributed by atoms with Crippen molar-refractivity contribution in [2.45, 2.75) is 39.3 Å². The summed E-state index contributed by atoms with van der Waals surface area (Å²) in [6, 6.07) is 5.79. The van der Waals surface area contributed by atoms with Crippen molar-refractivity contribution in [3.63, 3.8) is 0 Å². The van der Waals surface area contributed by atoms with Gasteiger partial charge in [-0.05, 0) is 50.3 Å². The van der Waals surface area contributed by atoms with Crippen molar-refractivity contribution < 1.29 is 9.21 Å². The quantitative estimate of drug-likeness (QED) is 0.857. The van der Waals surface area contributed by atoms with E-state index in [1.165, 1.54) is 0 Å². The van der Waals surface area contributed by atoms with E-state index in [1.807, 2.05) is 30.0 Å². The Morgan fingerprint density at radius 1 is 1.16 bits per heavy atom. The Kier molecular flexibility index (Phi) is 4.37. The lowest BCUT2D eigenvalue weighted by Crippen LogP contribution is -2.42. The fraction of sp³-hybridized carbons (Fsp3) is 0.579. The van der Waals surface area contributed by atoms with Gasteiger partial charge in [-0.3, -0.25) is 14.3 Å². The summed E-state index contributed by atoms with van der Waals surface area (Å²) in [7, 11) is 0. The number of rotatable bonds is 3. The number of carbonyl (C=O) groups excluding carboxylic acids is 1. The van der Waals surface area contributed by atoms with Crippen LogP contribution < -0.4 is 5.76 Å². The number of hydrogen-bond donors (Lipinski definition) is 0. The average molecular weight is 343 g/mol. The van der Waals surface area contributed by atoms with Crippen molar-refractivity contribution in [3.05, 3.63) is 34.3 Å². The van der Waals surface area contributed by atoms with Crippen LogP contribution in [0.1, 0.15) is 31.2 Å².